The third-order valence-corrected chi connectivity index (χ3v) is 6.86. The maximum Gasteiger partial charge on any atom is 0.267 e. The van der Waals surface area contributed by atoms with Crippen molar-refractivity contribution in [3.63, 3.8) is 0 Å². The second-order valence-corrected chi connectivity index (χ2v) is 9.22. The van der Waals surface area contributed by atoms with Crippen LogP contribution in [-0.2, 0) is 0 Å². The summed E-state index contributed by atoms with van der Waals surface area (Å²) < 4.78 is 3.95. The Labute approximate surface area is 207 Å². The zero-order chi connectivity index (χ0) is 23.8. The zero-order valence-corrected chi connectivity index (χ0v) is 19.8. The monoisotopic (exact) mass is 481 g/mol. The molecule has 0 bridgehead atoms. The maximum atomic E-state index is 13.5. The predicted octanol–water partition coefficient (Wildman–Crippen LogP) is 5.49. The minimum absolute atomic E-state index is 0.163. The molecule has 0 unspecified atom stereocenters. The molecule has 35 heavy (non-hydrogen) atoms. The lowest BCUT2D eigenvalue weighted by Crippen LogP contribution is -2.29. The highest BCUT2D eigenvalue weighted by atomic mass is 35.5. The van der Waals surface area contributed by atoms with Crippen molar-refractivity contribution in [3.8, 4) is 28.5 Å². The number of pyridine rings is 1. The van der Waals surface area contributed by atoms with E-state index in [1.165, 1.54) is 5.69 Å². The molecule has 1 fully saturated rings. The van der Waals surface area contributed by atoms with Gasteiger partial charge in [0.25, 0.3) is 5.56 Å². The van der Waals surface area contributed by atoms with Crippen LogP contribution >= 0.6 is 11.6 Å². The van der Waals surface area contributed by atoms with Crippen molar-refractivity contribution in [2.45, 2.75) is 18.9 Å². The number of para-hydroxylation sites is 1. The van der Waals surface area contributed by atoms with Gasteiger partial charge in [-0.15, -0.1) is 0 Å². The average molecular weight is 482 g/mol. The van der Waals surface area contributed by atoms with E-state index < -0.39 is 0 Å². The van der Waals surface area contributed by atoms with Crippen LogP contribution in [0.2, 0.25) is 5.02 Å². The van der Waals surface area contributed by atoms with Crippen molar-refractivity contribution in [3.05, 3.63) is 101 Å². The van der Waals surface area contributed by atoms with Crippen molar-refractivity contribution in [2.24, 2.45) is 0 Å². The Bertz CT molecular complexity index is 1550. The second kappa shape index (κ2) is 9.13. The summed E-state index contributed by atoms with van der Waals surface area (Å²) in [5.74, 6) is 1.03. The summed E-state index contributed by atoms with van der Waals surface area (Å²) in [6.07, 6.45) is 5.97. The van der Waals surface area contributed by atoms with Crippen LogP contribution in [0.4, 0.5) is 0 Å². The number of nitrogens with zero attached hydrogens (tertiary/aromatic N) is 4. The fourth-order valence-electron chi connectivity index (χ4n) is 4.87. The van der Waals surface area contributed by atoms with E-state index in [1.54, 1.807) is 29.0 Å². The first-order chi connectivity index (χ1) is 17.2. The number of hydrogen-bond donors (Lipinski definition) is 1. The molecule has 0 atom stereocenters. The Balaban J connectivity index is 1.46. The summed E-state index contributed by atoms with van der Waals surface area (Å²) in [6.45, 7) is 2.09. The number of halogens is 1. The number of nitrogens with one attached hydrogen (secondary N) is 1. The molecule has 1 aliphatic rings. The Kier molecular flexibility index (Phi) is 5.68. The van der Waals surface area contributed by atoms with Crippen LogP contribution < -0.4 is 10.9 Å². The molecule has 2 aromatic carbocycles. The first-order valence-electron chi connectivity index (χ1n) is 11.8. The quantitative estimate of drug-likeness (QED) is 0.368. The average Bonchev–Trinajstić information content (AvgIpc) is 3.40. The lowest BCUT2D eigenvalue weighted by atomic mass is 10.0. The SMILES string of the molecule is O=c1c2ccccc2nc(-c2ccc(-c3cccn3C3CCNCC3)cc2)n1-c1ccc(Cl)cn1. The van der Waals surface area contributed by atoms with E-state index in [1.807, 2.05) is 30.3 Å². The normalized spacial score (nSPS) is 14.4. The third-order valence-electron chi connectivity index (χ3n) is 6.64. The molecule has 0 saturated carbocycles. The number of fused-ring (bicyclic) bond motifs is 1. The highest BCUT2D eigenvalue weighted by Gasteiger charge is 2.19. The minimum atomic E-state index is -0.163. The smallest absolute Gasteiger partial charge is 0.267 e. The van der Waals surface area contributed by atoms with Crippen LogP contribution in [0.25, 0.3) is 39.4 Å². The van der Waals surface area contributed by atoms with Crippen LogP contribution in [0.1, 0.15) is 18.9 Å². The van der Waals surface area contributed by atoms with Crippen LogP contribution in [0, 0.1) is 0 Å². The molecular formula is C28H24ClN5O. The van der Waals surface area contributed by atoms with E-state index in [2.05, 4.69) is 45.3 Å². The van der Waals surface area contributed by atoms with Gasteiger partial charge in [-0.3, -0.25) is 4.79 Å². The van der Waals surface area contributed by atoms with Gasteiger partial charge in [-0.2, -0.15) is 0 Å². The van der Waals surface area contributed by atoms with Crippen LogP contribution in [0.3, 0.4) is 0 Å². The Hall–Kier alpha value is -3.74. The molecule has 1 saturated heterocycles. The second-order valence-electron chi connectivity index (χ2n) is 8.79. The first kappa shape index (κ1) is 21.8. The summed E-state index contributed by atoms with van der Waals surface area (Å²) in [5, 5.41) is 4.50. The lowest BCUT2D eigenvalue weighted by molar-refractivity contribution is 0.371. The van der Waals surface area contributed by atoms with E-state index in [4.69, 9.17) is 16.6 Å². The van der Waals surface area contributed by atoms with E-state index in [0.29, 0.717) is 33.6 Å². The molecular weight excluding hydrogens is 458 g/mol. The summed E-state index contributed by atoms with van der Waals surface area (Å²) in [4.78, 5) is 22.8. The highest BCUT2D eigenvalue weighted by molar-refractivity contribution is 6.30. The van der Waals surface area contributed by atoms with Gasteiger partial charge in [0.2, 0.25) is 0 Å². The Morgan fingerprint density at radius 2 is 1.66 bits per heavy atom. The van der Waals surface area contributed by atoms with Crippen molar-refractivity contribution in [2.75, 3.05) is 13.1 Å². The molecule has 1 aliphatic heterocycles. The van der Waals surface area contributed by atoms with Gasteiger partial charge in [0.1, 0.15) is 11.6 Å². The van der Waals surface area contributed by atoms with Gasteiger partial charge in [-0.05, 0) is 67.9 Å². The number of piperidine rings is 1. The van der Waals surface area contributed by atoms with Gasteiger partial charge in [0, 0.05) is 29.7 Å². The van der Waals surface area contributed by atoms with Crippen molar-refractivity contribution in [1.29, 1.82) is 0 Å². The molecule has 4 heterocycles. The number of hydrogen-bond acceptors (Lipinski definition) is 4. The molecule has 174 valence electrons. The summed E-state index contributed by atoms with van der Waals surface area (Å²) >= 11 is 6.05. The molecule has 7 heteroatoms. The van der Waals surface area contributed by atoms with Crippen molar-refractivity contribution >= 4 is 22.5 Å². The van der Waals surface area contributed by atoms with E-state index >= 15 is 0 Å². The zero-order valence-electron chi connectivity index (χ0n) is 19.1. The van der Waals surface area contributed by atoms with Gasteiger partial charge < -0.3 is 9.88 Å². The standard InChI is InChI=1S/C28H24ClN5O/c29-21-11-12-26(31-18-21)34-27(32-24-5-2-1-4-23(24)28(34)35)20-9-7-19(8-10-20)25-6-3-17-33(25)22-13-15-30-16-14-22/h1-12,17-18,22,30H,13-16H2. The van der Waals surface area contributed by atoms with E-state index in [0.717, 1.165) is 37.1 Å². The number of rotatable bonds is 4. The highest BCUT2D eigenvalue weighted by Crippen LogP contribution is 2.30. The fraction of sp³-hybridized carbons (Fsp3) is 0.179. The van der Waals surface area contributed by atoms with Crippen molar-refractivity contribution in [1.82, 2.24) is 24.4 Å². The molecule has 6 nitrogen and oxygen atoms in total. The first-order valence-corrected chi connectivity index (χ1v) is 12.2. The minimum Gasteiger partial charge on any atom is -0.344 e. The Morgan fingerprint density at radius 1 is 0.886 bits per heavy atom. The fourth-order valence-corrected chi connectivity index (χ4v) is 4.98. The van der Waals surface area contributed by atoms with Crippen LogP contribution in [-0.4, -0.2) is 32.2 Å². The number of aromatic nitrogens is 4. The molecule has 0 radical (unpaired) electrons. The maximum absolute atomic E-state index is 13.5. The molecule has 1 N–H and O–H groups in total. The molecule has 0 spiro atoms. The molecule has 0 amide bonds. The predicted molar refractivity (Wildman–Crippen MR) is 140 cm³/mol. The van der Waals surface area contributed by atoms with Crippen LogP contribution in [0.5, 0.6) is 0 Å². The number of benzene rings is 2. The summed E-state index contributed by atoms with van der Waals surface area (Å²) in [5.41, 5.74) is 3.67. The van der Waals surface area contributed by atoms with Gasteiger partial charge in [0.05, 0.1) is 15.9 Å². The molecule has 5 aromatic rings. The summed E-state index contributed by atoms with van der Waals surface area (Å²) in [7, 11) is 0. The molecule has 6 rings (SSSR count). The van der Waals surface area contributed by atoms with Crippen molar-refractivity contribution < 1.29 is 0 Å². The largest absolute Gasteiger partial charge is 0.344 e. The van der Waals surface area contributed by atoms with Crippen LogP contribution in [0.15, 0.2) is 90.0 Å². The van der Waals surface area contributed by atoms with E-state index in [9.17, 15) is 4.79 Å². The van der Waals surface area contributed by atoms with Gasteiger partial charge >= 0.3 is 0 Å². The molecule has 3 aromatic heterocycles. The van der Waals surface area contributed by atoms with Gasteiger partial charge in [-0.25, -0.2) is 14.5 Å². The molecule has 0 aliphatic carbocycles. The topological polar surface area (TPSA) is 64.7 Å². The third kappa shape index (κ3) is 4.05. The lowest BCUT2D eigenvalue weighted by Gasteiger charge is -2.26. The van der Waals surface area contributed by atoms with E-state index in [-0.39, 0.29) is 5.56 Å². The summed E-state index contributed by atoms with van der Waals surface area (Å²) in [6, 6.07) is 23.9. The Morgan fingerprint density at radius 3 is 2.43 bits per heavy atom. The van der Waals surface area contributed by atoms with Gasteiger partial charge in [0.15, 0.2) is 0 Å². The van der Waals surface area contributed by atoms with Gasteiger partial charge in [-0.1, -0.05) is 48.0 Å².